The van der Waals surface area contributed by atoms with Gasteiger partial charge in [-0.15, -0.1) is 0 Å². The minimum absolute atomic E-state index is 0.0244. The standard InChI is InChI=1S/2C17H25NO3SSe2/c2*1-11(2)17(19)9-14(16(4)10-15(17)23-24-16)18-22(20,21)13-7-5-12(3)6-8-13/h2*5-8,11,14-15,18-19H,9-10H2,1-4H3/t2*14-,15+,16-,17-/m11/s1. The fourth-order valence-corrected chi connectivity index (χ4v) is 35.0. The van der Waals surface area contributed by atoms with Gasteiger partial charge < -0.3 is 0 Å². The van der Waals surface area contributed by atoms with Crippen LogP contribution in [0.2, 0.25) is 18.3 Å². The molecule has 4 bridgehead atoms. The Balaban J connectivity index is 0.000000188. The molecule has 6 rings (SSSR count). The normalized spacial score (nSPS) is 36.2. The van der Waals surface area contributed by atoms with Crippen molar-refractivity contribution in [1.82, 2.24) is 9.44 Å². The first-order chi connectivity index (χ1) is 22.1. The van der Waals surface area contributed by atoms with E-state index in [0.717, 1.165) is 24.0 Å². The predicted octanol–water partition coefficient (Wildman–Crippen LogP) is 4.25. The van der Waals surface area contributed by atoms with E-state index in [1.54, 1.807) is 24.3 Å². The van der Waals surface area contributed by atoms with Crippen molar-refractivity contribution < 1.29 is 27.0 Å². The van der Waals surface area contributed by atoms with Gasteiger partial charge in [0.1, 0.15) is 0 Å². The van der Waals surface area contributed by atoms with Crippen LogP contribution in [0.1, 0.15) is 78.4 Å². The Morgan fingerprint density at radius 3 is 1.23 bits per heavy atom. The predicted molar refractivity (Wildman–Crippen MR) is 196 cm³/mol. The molecule has 2 aromatic carbocycles. The Hall–Kier alpha value is 0.258. The van der Waals surface area contributed by atoms with Crippen molar-refractivity contribution in [3.63, 3.8) is 0 Å². The Kier molecular flexibility index (Phi) is 11.7. The van der Waals surface area contributed by atoms with Gasteiger partial charge in [-0.2, -0.15) is 0 Å². The fraction of sp³-hybridized carbons (Fsp3) is 0.647. The molecular formula is C34H50N2O6S2Se4. The molecule has 2 aromatic rings. The zero-order valence-electron chi connectivity index (χ0n) is 28.9. The fourth-order valence-electron chi connectivity index (χ4n) is 6.97. The van der Waals surface area contributed by atoms with E-state index >= 15 is 0 Å². The van der Waals surface area contributed by atoms with Crippen molar-refractivity contribution in [2.75, 3.05) is 0 Å². The van der Waals surface area contributed by atoms with Crippen molar-refractivity contribution >= 4 is 72.6 Å². The Labute approximate surface area is 310 Å². The molecule has 8 atom stereocenters. The molecule has 0 spiro atoms. The van der Waals surface area contributed by atoms with E-state index < -0.39 is 31.2 Å². The van der Waals surface area contributed by atoms with Crippen molar-refractivity contribution in [2.24, 2.45) is 11.8 Å². The summed E-state index contributed by atoms with van der Waals surface area (Å²) in [5, 5.41) is 22.4. The van der Waals surface area contributed by atoms with E-state index in [1.165, 1.54) is 0 Å². The third kappa shape index (κ3) is 7.79. The van der Waals surface area contributed by atoms with Gasteiger partial charge in [-0.1, -0.05) is 0 Å². The number of aliphatic hydroxyl groups is 2. The second-order valence-electron chi connectivity index (χ2n) is 15.0. The van der Waals surface area contributed by atoms with Crippen LogP contribution in [-0.4, -0.2) is 103 Å². The van der Waals surface area contributed by atoms with Crippen LogP contribution in [0, 0.1) is 25.7 Å². The molecule has 0 aromatic heterocycles. The van der Waals surface area contributed by atoms with Crippen molar-refractivity contribution in [1.29, 1.82) is 0 Å². The molecule has 2 aliphatic carbocycles. The first-order valence-electron chi connectivity index (χ1n) is 16.5. The summed E-state index contributed by atoms with van der Waals surface area (Å²) in [5.74, 6) is 0.295. The van der Waals surface area contributed by atoms with E-state index in [1.807, 2.05) is 38.1 Å². The van der Waals surface area contributed by atoms with Crippen LogP contribution in [0.3, 0.4) is 0 Å². The molecular weight excluding hydrogens is 912 g/mol. The van der Waals surface area contributed by atoms with E-state index in [9.17, 15) is 27.0 Å². The summed E-state index contributed by atoms with van der Waals surface area (Å²) in [4.78, 5) is 1.36. The van der Waals surface area contributed by atoms with Gasteiger partial charge >= 0.3 is 313 Å². The zero-order valence-corrected chi connectivity index (χ0v) is 37.4. The van der Waals surface area contributed by atoms with E-state index in [0.29, 0.717) is 84.8 Å². The summed E-state index contributed by atoms with van der Waals surface area (Å²) in [6.45, 7) is 16.5. The topological polar surface area (TPSA) is 133 Å². The van der Waals surface area contributed by atoms with Gasteiger partial charge in [-0.3, -0.25) is 0 Å². The number of hydrogen-bond donors (Lipinski definition) is 4. The first-order valence-corrected chi connectivity index (χ1v) is 31.8. The quantitative estimate of drug-likeness (QED) is 0.293. The number of sulfonamides is 2. The number of hydrogen-bond acceptors (Lipinski definition) is 6. The average Bonchev–Trinajstić information content (AvgIpc) is 3.57. The SMILES string of the molecule is Cc1ccc(S(=O)(=O)N[C@@H]2C[C@@](O)(C(C)C)[C@@H]3C[C@@]2(C)[Se][Se]3)cc1.Cc1ccc(S(=O)(=O)N[C@@H]2C[C@@](O)(C(C)C)[C@@H]3C[C@@]2(C)[Se][Se]3)cc1. The van der Waals surface area contributed by atoms with Crippen LogP contribution in [0.25, 0.3) is 0 Å². The van der Waals surface area contributed by atoms with Crippen LogP contribution in [-0.2, 0) is 20.0 Å². The Morgan fingerprint density at radius 1 is 0.625 bits per heavy atom. The van der Waals surface area contributed by atoms with Crippen molar-refractivity contribution in [2.45, 2.75) is 132 Å². The summed E-state index contributed by atoms with van der Waals surface area (Å²) >= 11 is 1.69. The number of benzene rings is 2. The zero-order chi connectivity index (χ0) is 35.5. The molecule has 8 nitrogen and oxygen atoms in total. The molecule has 2 saturated heterocycles. The molecule has 14 heteroatoms. The van der Waals surface area contributed by atoms with Gasteiger partial charge in [-0.25, -0.2) is 0 Å². The van der Waals surface area contributed by atoms with Gasteiger partial charge in [0.05, 0.1) is 0 Å². The molecule has 4 aliphatic rings. The molecule has 2 saturated carbocycles. The third-order valence-electron chi connectivity index (χ3n) is 10.8. The van der Waals surface area contributed by atoms with E-state index in [4.69, 9.17) is 0 Å². The maximum absolute atomic E-state index is 12.8. The minimum atomic E-state index is -3.56. The third-order valence-corrected chi connectivity index (χ3v) is 36.5. The van der Waals surface area contributed by atoms with Crippen LogP contribution >= 0.6 is 0 Å². The van der Waals surface area contributed by atoms with Gasteiger partial charge in [0.25, 0.3) is 0 Å². The second kappa shape index (κ2) is 14.2. The van der Waals surface area contributed by atoms with Crippen LogP contribution in [0.5, 0.6) is 0 Å². The van der Waals surface area contributed by atoms with Gasteiger partial charge in [0.2, 0.25) is 0 Å². The molecule has 4 fully saturated rings. The summed E-state index contributed by atoms with van der Waals surface area (Å²) in [6, 6.07) is 13.5. The van der Waals surface area contributed by atoms with Crippen LogP contribution < -0.4 is 9.44 Å². The second-order valence-corrected chi connectivity index (χ2v) is 34.1. The van der Waals surface area contributed by atoms with E-state index in [2.05, 4.69) is 51.0 Å². The molecule has 4 N–H and O–H groups in total. The van der Waals surface area contributed by atoms with Crippen LogP contribution in [0.15, 0.2) is 58.3 Å². The van der Waals surface area contributed by atoms with E-state index in [-0.39, 0.29) is 32.5 Å². The van der Waals surface area contributed by atoms with Gasteiger partial charge in [0, 0.05) is 0 Å². The van der Waals surface area contributed by atoms with Crippen molar-refractivity contribution in [3.05, 3.63) is 59.7 Å². The molecule has 0 radical (unpaired) electrons. The molecule has 2 aliphatic heterocycles. The molecule has 2 heterocycles. The Morgan fingerprint density at radius 2 is 0.938 bits per heavy atom. The number of nitrogens with one attached hydrogen (secondary N) is 2. The summed E-state index contributed by atoms with van der Waals surface area (Å²) in [7, 11) is -7.12. The molecule has 268 valence electrons. The summed E-state index contributed by atoms with van der Waals surface area (Å²) < 4.78 is 57.3. The summed E-state index contributed by atoms with van der Waals surface area (Å²) in [5.41, 5.74) is 0.603. The van der Waals surface area contributed by atoms with Crippen molar-refractivity contribution in [3.8, 4) is 0 Å². The van der Waals surface area contributed by atoms with Gasteiger partial charge in [0.15, 0.2) is 0 Å². The van der Waals surface area contributed by atoms with Gasteiger partial charge in [-0.05, 0) is 0 Å². The average molecular weight is 963 g/mol. The molecule has 0 amide bonds. The van der Waals surface area contributed by atoms with Crippen LogP contribution in [0.4, 0.5) is 0 Å². The number of fused-ring (bicyclic) bond motifs is 4. The monoisotopic (exact) mass is 966 g/mol. The maximum atomic E-state index is 12.8. The first kappa shape index (κ1) is 39.5. The molecule has 48 heavy (non-hydrogen) atoms. The summed E-state index contributed by atoms with van der Waals surface area (Å²) in [6.07, 6.45) is 2.95. The Bertz CT molecular complexity index is 1570. The number of rotatable bonds is 8. The molecule has 0 unspecified atom stereocenters. The number of aryl methyl sites for hydroxylation is 2.